The standard InChI is InChI=1S/C14H14F2N2/c15-13-10(5-8-12(18)14(13)16)4-1-9-2-6-11(17)7-3-9/h2-3,5-8H,1,4,17-18H2. The van der Waals surface area contributed by atoms with E-state index in [0.29, 0.717) is 24.1 Å². The molecule has 0 saturated carbocycles. The molecule has 0 aromatic heterocycles. The molecule has 4 heteroatoms. The second-order valence-electron chi connectivity index (χ2n) is 4.18. The number of rotatable bonds is 3. The maximum atomic E-state index is 13.6. The van der Waals surface area contributed by atoms with Crippen molar-refractivity contribution in [3.63, 3.8) is 0 Å². The van der Waals surface area contributed by atoms with Crippen LogP contribution in [0.1, 0.15) is 11.1 Å². The maximum Gasteiger partial charge on any atom is 0.181 e. The van der Waals surface area contributed by atoms with Crippen LogP contribution >= 0.6 is 0 Å². The molecule has 0 radical (unpaired) electrons. The molecule has 18 heavy (non-hydrogen) atoms. The van der Waals surface area contributed by atoms with Crippen LogP contribution in [0.15, 0.2) is 36.4 Å². The van der Waals surface area contributed by atoms with Gasteiger partial charge in [0.05, 0.1) is 5.69 Å². The summed E-state index contributed by atoms with van der Waals surface area (Å²) in [6.45, 7) is 0. The first-order valence-corrected chi connectivity index (χ1v) is 5.64. The zero-order valence-electron chi connectivity index (χ0n) is 9.79. The Balaban J connectivity index is 2.11. The van der Waals surface area contributed by atoms with Gasteiger partial charge in [-0.25, -0.2) is 8.78 Å². The van der Waals surface area contributed by atoms with E-state index in [1.165, 1.54) is 12.1 Å². The minimum absolute atomic E-state index is 0.163. The molecule has 4 N–H and O–H groups in total. The highest BCUT2D eigenvalue weighted by molar-refractivity contribution is 5.43. The molecule has 0 spiro atoms. The number of halogens is 2. The molecule has 0 atom stereocenters. The summed E-state index contributed by atoms with van der Waals surface area (Å²) in [6.07, 6.45) is 1.05. The van der Waals surface area contributed by atoms with Crippen LogP contribution in [0.25, 0.3) is 0 Å². The van der Waals surface area contributed by atoms with Crippen molar-refractivity contribution >= 4 is 11.4 Å². The second kappa shape index (κ2) is 5.04. The molecule has 0 bridgehead atoms. The molecule has 0 heterocycles. The van der Waals surface area contributed by atoms with Gasteiger partial charge >= 0.3 is 0 Å². The number of nitrogen functional groups attached to an aromatic ring is 2. The Bertz CT molecular complexity index is 550. The van der Waals surface area contributed by atoms with E-state index in [1.807, 2.05) is 12.1 Å². The molecule has 2 aromatic carbocycles. The minimum atomic E-state index is -0.968. The SMILES string of the molecule is Nc1ccc(CCc2ccc(N)c(F)c2F)cc1. The second-order valence-corrected chi connectivity index (χ2v) is 4.18. The fraction of sp³-hybridized carbons (Fsp3) is 0.143. The summed E-state index contributed by atoms with van der Waals surface area (Å²) in [5, 5.41) is 0. The van der Waals surface area contributed by atoms with Crippen molar-refractivity contribution in [1.29, 1.82) is 0 Å². The molecule has 94 valence electrons. The van der Waals surface area contributed by atoms with Crippen molar-refractivity contribution in [3.05, 3.63) is 59.2 Å². The summed E-state index contributed by atoms with van der Waals surface area (Å²) in [5.74, 6) is -1.82. The molecule has 2 aromatic rings. The number of aryl methyl sites for hydroxylation is 2. The topological polar surface area (TPSA) is 52.0 Å². The number of hydrogen-bond donors (Lipinski definition) is 2. The maximum absolute atomic E-state index is 13.6. The Kier molecular flexibility index (Phi) is 3.46. The molecule has 0 aliphatic carbocycles. The monoisotopic (exact) mass is 248 g/mol. The average molecular weight is 248 g/mol. The predicted molar refractivity (Wildman–Crippen MR) is 69.0 cm³/mol. The zero-order valence-corrected chi connectivity index (χ0v) is 9.79. The van der Waals surface area contributed by atoms with Crippen molar-refractivity contribution in [2.75, 3.05) is 11.5 Å². The fourth-order valence-electron chi connectivity index (χ4n) is 1.76. The molecule has 0 amide bonds. The quantitative estimate of drug-likeness (QED) is 0.820. The van der Waals surface area contributed by atoms with Crippen molar-refractivity contribution in [3.8, 4) is 0 Å². The van der Waals surface area contributed by atoms with Gasteiger partial charge in [-0.15, -0.1) is 0 Å². The van der Waals surface area contributed by atoms with E-state index in [9.17, 15) is 8.78 Å². The van der Waals surface area contributed by atoms with Gasteiger partial charge in [-0.2, -0.15) is 0 Å². The number of nitrogens with two attached hydrogens (primary N) is 2. The van der Waals surface area contributed by atoms with Crippen LogP contribution in [0.5, 0.6) is 0 Å². The lowest BCUT2D eigenvalue weighted by Crippen LogP contribution is -2.01. The van der Waals surface area contributed by atoms with Gasteiger partial charge in [0.2, 0.25) is 0 Å². The lowest BCUT2D eigenvalue weighted by atomic mass is 10.0. The van der Waals surface area contributed by atoms with Crippen LogP contribution in [0.4, 0.5) is 20.2 Å². The highest BCUT2D eigenvalue weighted by Gasteiger charge is 2.11. The first kappa shape index (κ1) is 12.4. The van der Waals surface area contributed by atoms with Gasteiger partial charge in [0.1, 0.15) is 0 Å². The van der Waals surface area contributed by atoms with Gasteiger partial charge in [-0.1, -0.05) is 18.2 Å². The average Bonchev–Trinajstić information content (AvgIpc) is 2.37. The molecule has 0 fully saturated rings. The first-order valence-electron chi connectivity index (χ1n) is 5.64. The van der Waals surface area contributed by atoms with Gasteiger partial charge in [-0.05, 0) is 42.2 Å². The third kappa shape index (κ3) is 2.59. The lowest BCUT2D eigenvalue weighted by molar-refractivity contribution is 0.502. The van der Waals surface area contributed by atoms with Crippen LogP contribution < -0.4 is 11.5 Å². The molecule has 0 aliphatic heterocycles. The van der Waals surface area contributed by atoms with Crippen molar-refractivity contribution < 1.29 is 8.78 Å². The Labute approximate surface area is 104 Å². The Morgan fingerprint density at radius 1 is 0.778 bits per heavy atom. The van der Waals surface area contributed by atoms with E-state index in [0.717, 1.165) is 5.56 Å². The Hall–Kier alpha value is -2.10. The summed E-state index contributed by atoms with van der Waals surface area (Å²) in [5.41, 5.74) is 12.7. The third-order valence-electron chi connectivity index (χ3n) is 2.85. The van der Waals surface area contributed by atoms with E-state index in [-0.39, 0.29) is 5.69 Å². The van der Waals surface area contributed by atoms with E-state index in [2.05, 4.69) is 0 Å². The minimum Gasteiger partial charge on any atom is -0.399 e. The smallest absolute Gasteiger partial charge is 0.181 e. The highest BCUT2D eigenvalue weighted by atomic mass is 19.2. The molecule has 0 unspecified atom stereocenters. The van der Waals surface area contributed by atoms with Crippen LogP contribution in [0, 0.1) is 11.6 Å². The van der Waals surface area contributed by atoms with Gasteiger partial charge < -0.3 is 11.5 Å². The normalized spacial score (nSPS) is 10.6. The number of hydrogen-bond acceptors (Lipinski definition) is 2. The molecule has 0 saturated heterocycles. The van der Waals surface area contributed by atoms with Crippen molar-refractivity contribution in [2.45, 2.75) is 12.8 Å². The van der Waals surface area contributed by atoms with Crippen LogP contribution in [-0.4, -0.2) is 0 Å². The Morgan fingerprint density at radius 3 is 2.11 bits per heavy atom. The summed E-state index contributed by atoms with van der Waals surface area (Å²) in [4.78, 5) is 0. The van der Waals surface area contributed by atoms with E-state index < -0.39 is 11.6 Å². The van der Waals surface area contributed by atoms with Gasteiger partial charge in [-0.3, -0.25) is 0 Å². The first-order chi connectivity index (χ1) is 8.58. The molecular weight excluding hydrogens is 234 g/mol. The largest absolute Gasteiger partial charge is 0.399 e. The molecule has 2 rings (SSSR count). The lowest BCUT2D eigenvalue weighted by Gasteiger charge is -2.06. The van der Waals surface area contributed by atoms with Gasteiger partial charge in [0, 0.05) is 5.69 Å². The molecule has 0 aliphatic rings. The Morgan fingerprint density at radius 2 is 1.44 bits per heavy atom. The fourth-order valence-corrected chi connectivity index (χ4v) is 1.76. The number of anilines is 2. The van der Waals surface area contributed by atoms with E-state index in [4.69, 9.17) is 11.5 Å². The molecule has 2 nitrogen and oxygen atoms in total. The van der Waals surface area contributed by atoms with Gasteiger partial charge in [0.15, 0.2) is 11.6 Å². The summed E-state index contributed by atoms with van der Waals surface area (Å²) < 4.78 is 26.8. The molecular formula is C14H14F2N2. The van der Waals surface area contributed by atoms with Crippen LogP contribution in [0.2, 0.25) is 0 Å². The van der Waals surface area contributed by atoms with Crippen LogP contribution in [-0.2, 0) is 12.8 Å². The zero-order chi connectivity index (χ0) is 13.1. The van der Waals surface area contributed by atoms with Crippen molar-refractivity contribution in [1.82, 2.24) is 0 Å². The number of benzene rings is 2. The highest BCUT2D eigenvalue weighted by Crippen LogP contribution is 2.19. The van der Waals surface area contributed by atoms with E-state index >= 15 is 0 Å². The van der Waals surface area contributed by atoms with Crippen LogP contribution in [0.3, 0.4) is 0 Å². The summed E-state index contributed by atoms with van der Waals surface area (Å²) >= 11 is 0. The van der Waals surface area contributed by atoms with Gasteiger partial charge in [0.25, 0.3) is 0 Å². The van der Waals surface area contributed by atoms with E-state index in [1.54, 1.807) is 12.1 Å². The summed E-state index contributed by atoms with van der Waals surface area (Å²) in [6, 6.07) is 10.2. The predicted octanol–water partition coefficient (Wildman–Crippen LogP) is 2.91. The summed E-state index contributed by atoms with van der Waals surface area (Å²) in [7, 11) is 0. The van der Waals surface area contributed by atoms with Crippen molar-refractivity contribution in [2.24, 2.45) is 0 Å². The third-order valence-corrected chi connectivity index (χ3v) is 2.85.